The SMILES string of the molecule is CC(=O)[C@H](CC(=O)OCc1ccccc1)NC(=O)CCC(=O)Nc1ccc(-c2noc(=O)[nH]2)cc1. The van der Waals surface area contributed by atoms with Crippen LogP contribution >= 0.6 is 0 Å². The van der Waals surface area contributed by atoms with Gasteiger partial charge in [-0.1, -0.05) is 35.5 Å². The number of carbonyl (C=O) groups excluding carboxylic acids is 4. The van der Waals surface area contributed by atoms with Gasteiger partial charge in [0, 0.05) is 24.1 Å². The van der Waals surface area contributed by atoms with Crippen LogP contribution in [0, 0.1) is 0 Å². The molecule has 1 heterocycles. The van der Waals surface area contributed by atoms with Gasteiger partial charge in [-0.15, -0.1) is 0 Å². The largest absolute Gasteiger partial charge is 0.461 e. The number of carbonyl (C=O) groups is 4. The van der Waals surface area contributed by atoms with Crippen molar-refractivity contribution < 1.29 is 28.4 Å². The molecule has 0 spiro atoms. The number of nitrogens with zero attached hydrogens (tertiary/aromatic N) is 1. The van der Waals surface area contributed by atoms with Crippen LogP contribution in [-0.2, 0) is 30.5 Å². The third kappa shape index (κ3) is 8.07. The van der Waals surface area contributed by atoms with Crippen molar-refractivity contribution in [2.24, 2.45) is 0 Å². The van der Waals surface area contributed by atoms with Gasteiger partial charge in [0.15, 0.2) is 11.6 Å². The fourth-order valence-electron chi connectivity index (χ4n) is 3.04. The van der Waals surface area contributed by atoms with E-state index in [-0.39, 0.29) is 31.7 Å². The molecular weight excluding hydrogens is 456 g/mol. The number of hydrogen-bond acceptors (Lipinski definition) is 8. The lowest BCUT2D eigenvalue weighted by molar-refractivity contribution is -0.147. The van der Waals surface area contributed by atoms with E-state index in [1.165, 1.54) is 6.92 Å². The highest BCUT2D eigenvalue weighted by molar-refractivity contribution is 5.95. The summed E-state index contributed by atoms with van der Waals surface area (Å²) >= 11 is 0. The smallest absolute Gasteiger partial charge is 0.439 e. The highest BCUT2D eigenvalue weighted by atomic mass is 16.5. The van der Waals surface area contributed by atoms with Crippen molar-refractivity contribution in [1.29, 1.82) is 0 Å². The van der Waals surface area contributed by atoms with E-state index >= 15 is 0 Å². The van der Waals surface area contributed by atoms with E-state index in [4.69, 9.17) is 4.74 Å². The van der Waals surface area contributed by atoms with Crippen molar-refractivity contribution in [1.82, 2.24) is 15.5 Å². The van der Waals surface area contributed by atoms with Crippen molar-refractivity contribution in [3.8, 4) is 11.4 Å². The second kappa shape index (κ2) is 12.1. The van der Waals surface area contributed by atoms with Crippen LogP contribution in [0.25, 0.3) is 11.4 Å². The first-order valence-corrected chi connectivity index (χ1v) is 10.8. The molecule has 0 aliphatic rings. The van der Waals surface area contributed by atoms with Crippen molar-refractivity contribution >= 4 is 29.3 Å². The molecule has 0 saturated carbocycles. The first-order chi connectivity index (χ1) is 16.8. The number of esters is 1. The van der Waals surface area contributed by atoms with E-state index in [9.17, 15) is 24.0 Å². The van der Waals surface area contributed by atoms with Crippen LogP contribution in [0.1, 0.15) is 31.7 Å². The Balaban J connectivity index is 1.42. The van der Waals surface area contributed by atoms with Gasteiger partial charge in [0.05, 0.1) is 12.5 Å². The van der Waals surface area contributed by atoms with Crippen LogP contribution in [0.5, 0.6) is 0 Å². The molecule has 2 aromatic carbocycles. The van der Waals surface area contributed by atoms with Gasteiger partial charge >= 0.3 is 11.7 Å². The molecule has 0 aliphatic carbocycles. The Bertz CT molecular complexity index is 1230. The third-order valence-electron chi connectivity index (χ3n) is 4.90. The molecule has 11 nitrogen and oxygen atoms in total. The zero-order valence-electron chi connectivity index (χ0n) is 18.9. The highest BCUT2D eigenvalue weighted by Gasteiger charge is 2.22. The van der Waals surface area contributed by atoms with Gasteiger partial charge in [-0.2, -0.15) is 0 Å². The first kappa shape index (κ1) is 25.1. The minimum Gasteiger partial charge on any atom is -0.461 e. The summed E-state index contributed by atoms with van der Waals surface area (Å²) in [7, 11) is 0. The summed E-state index contributed by atoms with van der Waals surface area (Å²) in [5.74, 6) is -2.38. The van der Waals surface area contributed by atoms with E-state index in [0.717, 1.165) is 5.56 Å². The van der Waals surface area contributed by atoms with Crippen molar-refractivity contribution in [2.45, 2.75) is 38.8 Å². The molecule has 2 amide bonds. The van der Waals surface area contributed by atoms with Gasteiger partial charge in [0.25, 0.3) is 0 Å². The van der Waals surface area contributed by atoms with Crippen molar-refractivity contribution in [3.63, 3.8) is 0 Å². The summed E-state index contributed by atoms with van der Waals surface area (Å²) in [6.45, 7) is 1.33. The van der Waals surface area contributed by atoms with E-state index in [1.807, 2.05) is 18.2 Å². The molecule has 3 rings (SSSR count). The van der Waals surface area contributed by atoms with Crippen molar-refractivity contribution in [3.05, 3.63) is 70.7 Å². The molecule has 11 heteroatoms. The Labute approximate surface area is 199 Å². The predicted octanol–water partition coefficient (Wildman–Crippen LogP) is 1.96. The van der Waals surface area contributed by atoms with Crippen LogP contribution in [0.4, 0.5) is 5.69 Å². The molecule has 0 unspecified atom stereocenters. The number of nitrogens with one attached hydrogen (secondary N) is 3. The minimum absolute atomic E-state index is 0.0654. The van der Waals surface area contributed by atoms with Gasteiger partial charge in [0.2, 0.25) is 11.8 Å². The molecular formula is C24H24N4O7. The predicted molar refractivity (Wildman–Crippen MR) is 124 cm³/mol. The normalized spacial score (nSPS) is 11.3. The summed E-state index contributed by atoms with van der Waals surface area (Å²) in [6.07, 6.45) is -0.608. The van der Waals surface area contributed by atoms with Crippen LogP contribution in [0.2, 0.25) is 0 Å². The topological polar surface area (TPSA) is 160 Å². The second-order valence-corrected chi connectivity index (χ2v) is 7.65. The molecule has 182 valence electrons. The fraction of sp³-hybridized carbons (Fsp3) is 0.250. The van der Waals surface area contributed by atoms with Crippen LogP contribution in [0.3, 0.4) is 0 Å². The Kier molecular flexibility index (Phi) is 8.65. The van der Waals surface area contributed by atoms with Gasteiger partial charge < -0.3 is 15.4 Å². The lowest BCUT2D eigenvalue weighted by Gasteiger charge is -2.15. The molecule has 35 heavy (non-hydrogen) atoms. The first-order valence-electron chi connectivity index (χ1n) is 10.8. The number of aromatic nitrogens is 2. The van der Waals surface area contributed by atoms with Crippen LogP contribution < -0.4 is 16.4 Å². The molecule has 0 radical (unpaired) electrons. The number of ether oxygens (including phenoxy) is 1. The third-order valence-corrected chi connectivity index (χ3v) is 4.90. The number of aromatic amines is 1. The average Bonchev–Trinajstić information content (AvgIpc) is 3.28. The monoisotopic (exact) mass is 480 g/mol. The number of anilines is 1. The fourth-order valence-corrected chi connectivity index (χ4v) is 3.04. The summed E-state index contributed by atoms with van der Waals surface area (Å²) in [6, 6.07) is 14.5. The minimum atomic E-state index is -1.04. The molecule has 0 aliphatic heterocycles. The summed E-state index contributed by atoms with van der Waals surface area (Å²) < 4.78 is 9.61. The second-order valence-electron chi connectivity index (χ2n) is 7.65. The molecule has 1 atom stereocenters. The Hall–Kier alpha value is -4.54. The average molecular weight is 480 g/mol. The number of Topliss-reactive ketones (excluding diaryl/α,β-unsaturated/α-hetero) is 1. The van der Waals surface area contributed by atoms with Gasteiger partial charge in [0.1, 0.15) is 6.61 Å². The van der Waals surface area contributed by atoms with Gasteiger partial charge in [-0.05, 0) is 36.8 Å². The van der Waals surface area contributed by atoms with Crippen LogP contribution in [-0.4, -0.2) is 39.7 Å². The lowest BCUT2D eigenvalue weighted by Crippen LogP contribution is -2.41. The number of rotatable bonds is 11. The number of amides is 2. The zero-order valence-corrected chi connectivity index (χ0v) is 18.9. The molecule has 0 saturated heterocycles. The van der Waals surface area contributed by atoms with Crippen LogP contribution in [0.15, 0.2) is 63.9 Å². The number of hydrogen-bond donors (Lipinski definition) is 3. The van der Waals surface area contributed by atoms with Gasteiger partial charge in [-0.25, -0.2) is 4.79 Å². The lowest BCUT2D eigenvalue weighted by atomic mass is 10.1. The van der Waals surface area contributed by atoms with Crippen molar-refractivity contribution in [2.75, 3.05) is 5.32 Å². The maximum absolute atomic E-state index is 12.2. The van der Waals surface area contributed by atoms with E-state index in [1.54, 1.807) is 36.4 Å². The standard InChI is InChI=1S/C24H24N4O7/c1-15(29)19(13-22(32)34-14-16-5-3-2-4-6-16)26-21(31)12-11-20(30)25-18-9-7-17(8-10-18)23-27-24(33)35-28-23/h2-10,19H,11-14H2,1H3,(H,25,30)(H,26,31)(H,27,28,33)/t19-/m0/s1. The summed E-state index contributed by atoms with van der Waals surface area (Å²) in [4.78, 5) is 61.8. The quantitative estimate of drug-likeness (QED) is 0.351. The molecule has 0 fully saturated rings. The Morgan fingerprint density at radius 2 is 1.69 bits per heavy atom. The van der Waals surface area contributed by atoms with E-state index < -0.39 is 35.4 Å². The zero-order chi connectivity index (χ0) is 25.2. The highest BCUT2D eigenvalue weighted by Crippen LogP contribution is 2.17. The Morgan fingerprint density at radius 1 is 1.00 bits per heavy atom. The molecule has 1 aromatic heterocycles. The number of benzene rings is 2. The maximum Gasteiger partial charge on any atom is 0.439 e. The number of H-pyrrole nitrogens is 1. The summed E-state index contributed by atoms with van der Waals surface area (Å²) in [5, 5.41) is 8.70. The maximum atomic E-state index is 12.2. The number of ketones is 1. The van der Waals surface area contributed by atoms with Gasteiger partial charge in [-0.3, -0.25) is 28.7 Å². The molecule has 3 aromatic rings. The van der Waals surface area contributed by atoms with E-state index in [2.05, 4.69) is 25.3 Å². The molecule has 0 bridgehead atoms. The van der Waals surface area contributed by atoms with E-state index in [0.29, 0.717) is 11.3 Å². The summed E-state index contributed by atoms with van der Waals surface area (Å²) in [5.41, 5.74) is 1.87. The molecule has 3 N–H and O–H groups in total. The Morgan fingerprint density at radius 3 is 2.31 bits per heavy atom.